The Bertz CT molecular complexity index is 1340. The molecular formula is C32H49N9O5. The van der Waals surface area contributed by atoms with E-state index in [9.17, 15) is 24.3 Å². The van der Waals surface area contributed by atoms with Crippen molar-refractivity contribution in [2.75, 3.05) is 26.2 Å². The topological polar surface area (TPSA) is 267 Å². The van der Waals surface area contributed by atoms with Crippen molar-refractivity contribution in [3.63, 3.8) is 0 Å². The third-order valence-electron chi connectivity index (χ3n) is 7.91. The van der Waals surface area contributed by atoms with E-state index in [1.54, 1.807) is 18.2 Å². The number of carbonyl (C=O) groups is 4. The number of hydrogen-bond donors (Lipinski definition) is 10. The molecule has 0 aromatic heterocycles. The zero-order chi connectivity index (χ0) is 33.6. The van der Waals surface area contributed by atoms with Gasteiger partial charge in [0.05, 0.1) is 6.04 Å². The summed E-state index contributed by atoms with van der Waals surface area (Å²) in [5, 5.41) is 21.5. The third kappa shape index (κ3) is 11.1. The molecule has 0 spiro atoms. The Labute approximate surface area is 269 Å². The first-order chi connectivity index (χ1) is 22.0. The summed E-state index contributed by atoms with van der Waals surface area (Å²) >= 11 is 0. The van der Waals surface area contributed by atoms with Gasteiger partial charge >= 0.3 is 0 Å². The monoisotopic (exact) mass is 639 g/mol. The van der Waals surface area contributed by atoms with Crippen molar-refractivity contribution in [2.24, 2.45) is 28.7 Å². The standard InChI is InChI=1S/C32H49N9O5/c33-10-2-6-23(36)18-38-31(45)27(17-35)40-29(43)16-24-13-19-4-1-5-20(12-19)21-8-9-28(42)22(14-21)15-25(37)30(44)41-26(7-3-11-34)32(46)39-24/h1,4-5,8-9,12,14,23-27,42H,2-3,6-7,10-11,13,15-18,33-37H2,(H,38,45)(H,39,46)(H,40,43)(H,41,44)/t23?,24?,25?,26-,27-/m0/s1. The number of amides is 4. The minimum Gasteiger partial charge on any atom is -0.508 e. The number of phenols is 1. The molecule has 46 heavy (non-hydrogen) atoms. The van der Waals surface area contributed by atoms with Gasteiger partial charge in [-0.2, -0.15) is 0 Å². The maximum Gasteiger partial charge on any atom is 0.243 e. The summed E-state index contributed by atoms with van der Waals surface area (Å²) in [6, 6.07) is 8.69. The molecule has 4 bridgehead atoms. The average Bonchev–Trinajstić information content (AvgIpc) is 3.03. The Morgan fingerprint density at radius 3 is 2.41 bits per heavy atom. The molecule has 252 valence electrons. The van der Waals surface area contributed by atoms with Crippen molar-refractivity contribution in [1.82, 2.24) is 21.3 Å². The molecular weight excluding hydrogens is 590 g/mol. The molecule has 2 aromatic carbocycles. The SMILES string of the molecule is NCCCC(N)CNC(=O)[C@H](CN)NC(=O)CC1Cc2cccc(c2)-c2ccc(O)c(c2)CC(N)C(=O)N[C@@H](CCCN)C(=O)N1. The quantitative estimate of drug-likeness (QED) is 0.118. The van der Waals surface area contributed by atoms with Crippen molar-refractivity contribution in [2.45, 2.75) is 75.2 Å². The van der Waals surface area contributed by atoms with Gasteiger partial charge in [0.1, 0.15) is 17.8 Å². The van der Waals surface area contributed by atoms with E-state index in [4.69, 9.17) is 28.7 Å². The molecule has 0 fully saturated rings. The van der Waals surface area contributed by atoms with Crippen LogP contribution in [0.2, 0.25) is 0 Å². The predicted octanol–water partition coefficient (Wildman–Crippen LogP) is -1.79. The summed E-state index contributed by atoms with van der Waals surface area (Å²) in [4.78, 5) is 52.7. The Morgan fingerprint density at radius 1 is 0.957 bits per heavy atom. The molecule has 0 aliphatic carbocycles. The molecule has 0 saturated carbocycles. The van der Waals surface area contributed by atoms with Gasteiger partial charge in [0.2, 0.25) is 23.6 Å². The van der Waals surface area contributed by atoms with Crippen LogP contribution in [-0.2, 0) is 32.0 Å². The van der Waals surface area contributed by atoms with Gasteiger partial charge in [0.25, 0.3) is 0 Å². The van der Waals surface area contributed by atoms with Gasteiger partial charge in [0, 0.05) is 38.0 Å². The van der Waals surface area contributed by atoms with Crippen LogP contribution in [0.25, 0.3) is 11.1 Å². The van der Waals surface area contributed by atoms with Crippen LogP contribution in [0.15, 0.2) is 42.5 Å². The van der Waals surface area contributed by atoms with Crippen LogP contribution in [-0.4, -0.2) is 85.1 Å². The fraction of sp³-hybridized carbons (Fsp3) is 0.500. The van der Waals surface area contributed by atoms with Gasteiger partial charge in [-0.15, -0.1) is 0 Å². The molecule has 0 saturated heterocycles. The zero-order valence-corrected chi connectivity index (χ0v) is 26.2. The van der Waals surface area contributed by atoms with Crippen LogP contribution in [0.5, 0.6) is 5.75 Å². The summed E-state index contributed by atoms with van der Waals surface area (Å²) in [6.45, 7) is 0.862. The minimum absolute atomic E-state index is 0.00915. The molecule has 15 N–H and O–H groups in total. The lowest BCUT2D eigenvalue weighted by Gasteiger charge is -2.25. The number of fused-ring (bicyclic) bond motifs is 5. The molecule has 5 atom stereocenters. The molecule has 3 rings (SSSR count). The number of nitrogens with one attached hydrogen (secondary N) is 4. The van der Waals surface area contributed by atoms with E-state index in [2.05, 4.69) is 21.3 Å². The summed E-state index contributed by atoms with van der Waals surface area (Å²) in [5.74, 6) is -2.01. The Hall–Kier alpha value is -4.08. The molecule has 14 nitrogen and oxygen atoms in total. The van der Waals surface area contributed by atoms with Crippen molar-refractivity contribution in [1.29, 1.82) is 0 Å². The van der Waals surface area contributed by atoms with Crippen molar-refractivity contribution < 1.29 is 24.3 Å². The van der Waals surface area contributed by atoms with E-state index in [0.29, 0.717) is 31.5 Å². The molecule has 1 aliphatic rings. The van der Waals surface area contributed by atoms with Gasteiger partial charge < -0.3 is 55.0 Å². The lowest BCUT2D eigenvalue weighted by molar-refractivity contribution is -0.131. The number of rotatable bonds is 13. The number of nitrogens with two attached hydrogens (primary N) is 5. The third-order valence-corrected chi connectivity index (χ3v) is 7.91. The molecule has 2 aromatic rings. The number of hydrogen-bond acceptors (Lipinski definition) is 10. The van der Waals surface area contributed by atoms with Crippen LogP contribution in [0.4, 0.5) is 0 Å². The first-order valence-electron chi connectivity index (χ1n) is 15.7. The van der Waals surface area contributed by atoms with Crippen molar-refractivity contribution >= 4 is 23.6 Å². The van der Waals surface area contributed by atoms with Crippen LogP contribution in [0, 0.1) is 0 Å². The number of phenolic OH excluding ortho intramolecular Hbond substituents is 1. The Morgan fingerprint density at radius 2 is 1.70 bits per heavy atom. The van der Waals surface area contributed by atoms with Crippen LogP contribution in [0.3, 0.4) is 0 Å². The maximum atomic E-state index is 13.6. The van der Waals surface area contributed by atoms with Gasteiger partial charge in [-0.05, 0) is 79.6 Å². The summed E-state index contributed by atoms with van der Waals surface area (Å²) < 4.78 is 0. The van der Waals surface area contributed by atoms with E-state index < -0.39 is 47.8 Å². The first kappa shape index (κ1) is 36.4. The van der Waals surface area contributed by atoms with Crippen LogP contribution in [0.1, 0.15) is 43.2 Å². The fourth-order valence-electron chi connectivity index (χ4n) is 5.31. The normalized spacial score (nSPS) is 19.9. The largest absolute Gasteiger partial charge is 0.508 e. The molecule has 1 aliphatic heterocycles. The predicted molar refractivity (Wildman–Crippen MR) is 176 cm³/mol. The summed E-state index contributed by atoms with van der Waals surface area (Å²) in [5.41, 5.74) is 32.2. The molecule has 4 amide bonds. The molecule has 3 unspecified atom stereocenters. The van der Waals surface area contributed by atoms with E-state index in [1.807, 2.05) is 24.3 Å². The number of benzene rings is 2. The van der Waals surface area contributed by atoms with Crippen LogP contribution < -0.4 is 49.9 Å². The molecule has 0 radical (unpaired) electrons. The highest BCUT2D eigenvalue weighted by Gasteiger charge is 2.28. The highest BCUT2D eigenvalue weighted by Crippen LogP contribution is 2.28. The summed E-state index contributed by atoms with van der Waals surface area (Å²) in [6.07, 6.45) is 2.22. The smallest absolute Gasteiger partial charge is 0.243 e. The van der Waals surface area contributed by atoms with Gasteiger partial charge in [-0.25, -0.2) is 0 Å². The molecule has 14 heteroatoms. The maximum absolute atomic E-state index is 13.6. The fourth-order valence-corrected chi connectivity index (χ4v) is 5.31. The lowest BCUT2D eigenvalue weighted by Crippen LogP contribution is -2.55. The number of aromatic hydroxyl groups is 1. The van der Waals surface area contributed by atoms with Gasteiger partial charge in [0.15, 0.2) is 0 Å². The van der Waals surface area contributed by atoms with Gasteiger partial charge in [-0.3, -0.25) is 19.2 Å². The minimum atomic E-state index is -1.04. The lowest BCUT2D eigenvalue weighted by atomic mass is 9.95. The number of carbonyl (C=O) groups excluding carboxylic acids is 4. The second kappa shape index (κ2) is 18.2. The van der Waals surface area contributed by atoms with Gasteiger partial charge in [-0.1, -0.05) is 30.3 Å². The highest BCUT2D eigenvalue weighted by molar-refractivity contribution is 5.91. The second-order valence-electron chi connectivity index (χ2n) is 11.8. The Kier molecular flexibility index (Phi) is 14.4. The average molecular weight is 640 g/mol. The highest BCUT2D eigenvalue weighted by atomic mass is 16.3. The first-order valence-corrected chi connectivity index (χ1v) is 15.7. The van der Waals surface area contributed by atoms with E-state index in [-0.39, 0.29) is 50.6 Å². The van der Waals surface area contributed by atoms with Crippen molar-refractivity contribution in [3.8, 4) is 16.9 Å². The Balaban J connectivity index is 1.86. The second-order valence-corrected chi connectivity index (χ2v) is 11.8. The van der Waals surface area contributed by atoms with E-state index >= 15 is 0 Å². The van der Waals surface area contributed by atoms with Crippen molar-refractivity contribution in [3.05, 3.63) is 53.6 Å². The summed E-state index contributed by atoms with van der Waals surface area (Å²) in [7, 11) is 0. The van der Waals surface area contributed by atoms with Crippen LogP contribution >= 0.6 is 0 Å². The zero-order valence-electron chi connectivity index (χ0n) is 26.2. The van der Waals surface area contributed by atoms with E-state index in [0.717, 1.165) is 23.1 Å². The van der Waals surface area contributed by atoms with E-state index in [1.165, 1.54) is 0 Å². The molecule has 1 heterocycles.